The Labute approximate surface area is 132 Å². The molecule has 0 aromatic heterocycles. The number of carbonyl (C=O) groups is 2. The average molecular weight is 306 g/mol. The summed E-state index contributed by atoms with van der Waals surface area (Å²) in [5, 5.41) is 0. The van der Waals surface area contributed by atoms with Crippen molar-refractivity contribution in [3.8, 4) is 0 Å². The first-order chi connectivity index (χ1) is 10.7. The Kier molecular flexibility index (Phi) is 8.26. The van der Waals surface area contributed by atoms with E-state index in [2.05, 4.69) is 6.92 Å². The lowest BCUT2D eigenvalue weighted by Crippen LogP contribution is -2.33. The average Bonchev–Trinajstić information content (AvgIpc) is 2.52. The highest BCUT2D eigenvalue weighted by atomic mass is 16.6. The standard InChI is InChI=1S/C18H26O4/c1-4-7-13-15(14-11-9-8-10-12-14)16(17(19)21-5-2)18(20)22-6-3/h8-12,15-16H,4-7,13H2,1-3H3. The van der Waals surface area contributed by atoms with Gasteiger partial charge in [0, 0.05) is 5.92 Å². The van der Waals surface area contributed by atoms with Crippen LogP contribution in [0.25, 0.3) is 0 Å². The lowest BCUT2D eigenvalue weighted by Gasteiger charge is -2.24. The largest absolute Gasteiger partial charge is 0.465 e. The van der Waals surface area contributed by atoms with Gasteiger partial charge in [0.1, 0.15) is 0 Å². The van der Waals surface area contributed by atoms with E-state index >= 15 is 0 Å². The molecule has 0 saturated carbocycles. The summed E-state index contributed by atoms with van der Waals surface area (Å²) in [4.78, 5) is 24.6. The van der Waals surface area contributed by atoms with Crippen LogP contribution in [0.2, 0.25) is 0 Å². The zero-order valence-corrected chi connectivity index (χ0v) is 13.7. The fourth-order valence-electron chi connectivity index (χ4n) is 2.54. The molecule has 0 bridgehead atoms. The van der Waals surface area contributed by atoms with E-state index in [1.54, 1.807) is 13.8 Å². The summed E-state index contributed by atoms with van der Waals surface area (Å²) in [5.74, 6) is -2.09. The molecule has 0 aliphatic rings. The molecule has 4 heteroatoms. The highest BCUT2D eigenvalue weighted by Crippen LogP contribution is 2.32. The molecule has 0 aliphatic heterocycles. The third kappa shape index (κ3) is 5.17. The number of benzene rings is 1. The smallest absolute Gasteiger partial charge is 0.320 e. The topological polar surface area (TPSA) is 52.6 Å². The maximum absolute atomic E-state index is 12.3. The van der Waals surface area contributed by atoms with Crippen LogP contribution in [0, 0.1) is 5.92 Å². The SMILES string of the molecule is CCCCC(c1ccccc1)C(C(=O)OCC)C(=O)OCC. The van der Waals surface area contributed by atoms with Crippen molar-refractivity contribution in [3.05, 3.63) is 35.9 Å². The van der Waals surface area contributed by atoms with Crippen molar-refractivity contribution in [2.45, 2.75) is 46.0 Å². The Morgan fingerprint density at radius 3 is 1.95 bits per heavy atom. The third-order valence-electron chi connectivity index (χ3n) is 3.58. The Morgan fingerprint density at radius 2 is 1.50 bits per heavy atom. The predicted molar refractivity (Wildman–Crippen MR) is 85.5 cm³/mol. The van der Waals surface area contributed by atoms with Gasteiger partial charge in [0.15, 0.2) is 5.92 Å². The van der Waals surface area contributed by atoms with Crippen molar-refractivity contribution in [2.75, 3.05) is 13.2 Å². The molecular weight excluding hydrogens is 280 g/mol. The molecule has 1 rings (SSSR count). The normalized spacial score (nSPS) is 12.0. The summed E-state index contributed by atoms with van der Waals surface area (Å²) >= 11 is 0. The van der Waals surface area contributed by atoms with Crippen molar-refractivity contribution < 1.29 is 19.1 Å². The van der Waals surface area contributed by atoms with Crippen LogP contribution in [-0.2, 0) is 19.1 Å². The molecule has 1 aromatic carbocycles. The summed E-state index contributed by atoms with van der Waals surface area (Å²) in [6.07, 6.45) is 2.69. The van der Waals surface area contributed by atoms with Crippen LogP contribution in [0.3, 0.4) is 0 Å². The summed E-state index contributed by atoms with van der Waals surface area (Å²) in [6, 6.07) is 9.66. The Balaban J connectivity index is 3.11. The van der Waals surface area contributed by atoms with E-state index in [0.717, 1.165) is 24.8 Å². The third-order valence-corrected chi connectivity index (χ3v) is 3.58. The molecular formula is C18H26O4. The summed E-state index contributed by atoms with van der Waals surface area (Å²) in [5.41, 5.74) is 0.974. The van der Waals surface area contributed by atoms with Crippen molar-refractivity contribution in [1.29, 1.82) is 0 Å². The van der Waals surface area contributed by atoms with Crippen molar-refractivity contribution in [3.63, 3.8) is 0 Å². The number of rotatable bonds is 9. The second kappa shape index (κ2) is 9.98. The number of carbonyl (C=O) groups excluding carboxylic acids is 2. The second-order valence-electron chi connectivity index (χ2n) is 5.14. The molecule has 1 aromatic rings. The first-order valence-corrected chi connectivity index (χ1v) is 8.03. The van der Waals surface area contributed by atoms with Crippen molar-refractivity contribution >= 4 is 11.9 Å². The number of hydrogen-bond donors (Lipinski definition) is 0. The molecule has 0 radical (unpaired) electrons. The highest BCUT2D eigenvalue weighted by Gasteiger charge is 2.37. The van der Waals surface area contributed by atoms with Gasteiger partial charge in [0.05, 0.1) is 13.2 Å². The Bertz CT molecular complexity index is 437. The molecule has 0 heterocycles. The monoisotopic (exact) mass is 306 g/mol. The van der Waals surface area contributed by atoms with Crippen LogP contribution in [0.4, 0.5) is 0 Å². The van der Waals surface area contributed by atoms with Crippen molar-refractivity contribution in [1.82, 2.24) is 0 Å². The van der Waals surface area contributed by atoms with E-state index in [9.17, 15) is 9.59 Å². The van der Waals surface area contributed by atoms with Gasteiger partial charge in [0.2, 0.25) is 0 Å². The minimum atomic E-state index is -0.895. The van der Waals surface area contributed by atoms with Crippen molar-refractivity contribution in [2.24, 2.45) is 5.92 Å². The lowest BCUT2D eigenvalue weighted by molar-refractivity contribution is -0.163. The van der Waals surface area contributed by atoms with Crippen LogP contribution in [0.15, 0.2) is 30.3 Å². The zero-order valence-electron chi connectivity index (χ0n) is 13.7. The quantitative estimate of drug-likeness (QED) is 0.515. The molecule has 122 valence electrons. The molecule has 22 heavy (non-hydrogen) atoms. The first-order valence-electron chi connectivity index (χ1n) is 8.03. The van der Waals surface area contributed by atoms with E-state index in [4.69, 9.17) is 9.47 Å². The van der Waals surface area contributed by atoms with Crippen LogP contribution >= 0.6 is 0 Å². The molecule has 0 fully saturated rings. The molecule has 1 atom stereocenters. The van der Waals surface area contributed by atoms with E-state index in [-0.39, 0.29) is 19.1 Å². The van der Waals surface area contributed by atoms with E-state index in [1.165, 1.54) is 0 Å². The minimum absolute atomic E-state index is 0.209. The molecule has 0 N–H and O–H groups in total. The fraction of sp³-hybridized carbons (Fsp3) is 0.556. The Morgan fingerprint density at radius 1 is 0.955 bits per heavy atom. The first kappa shape index (κ1) is 18.2. The van der Waals surface area contributed by atoms with Gasteiger partial charge < -0.3 is 9.47 Å². The van der Waals surface area contributed by atoms with Crippen LogP contribution in [0.5, 0.6) is 0 Å². The highest BCUT2D eigenvalue weighted by molar-refractivity contribution is 5.96. The van der Waals surface area contributed by atoms with Gasteiger partial charge in [-0.2, -0.15) is 0 Å². The summed E-state index contributed by atoms with van der Waals surface area (Å²) in [7, 11) is 0. The maximum Gasteiger partial charge on any atom is 0.320 e. The van der Waals surface area contributed by atoms with Gasteiger partial charge in [-0.25, -0.2) is 0 Å². The number of esters is 2. The second-order valence-corrected chi connectivity index (χ2v) is 5.14. The van der Waals surface area contributed by atoms with Gasteiger partial charge in [0.25, 0.3) is 0 Å². The van der Waals surface area contributed by atoms with E-state index in [1.807, 2.05) is 30.3 Å². The predicted octanol–water partition coefficient (Wildman–Crippen LogP) is 3.70. The molecule has 0 aliphatic carbocycles. The molecule has 4 nitrogen and oxygen atoms in total. The van der Waals surface area contributed by atoms with Gasteiger partial charge in [-0.15, -0.1) is 0 Å². The van der Waals surface area contributed by atoms with Gasteiger partial charge in [-0.05, 0) is 25.8 Å². The number of ether oxygens (including phenoxy) is 2. The molecule has 0 amide bonds. The molecule has 0 saturated heterocycles. The van der Waals surface area contributed by atoms with Crippen LogP contribution in [-0.4, -0.2) is 25.2 Å². The summed E-state index contributed by atoms with van der Waals surface area (Å²) < 4.78 is 10.2. The summed E-state index contributed by atoms with van der Waals surface area (Å²) in [6.45, 7) is 6.08. The van der Waals surface area contributed by atoms with Crippen LogP contribution < -0.4 is 0 Å². The van der Waals surface area contributed by atoms with Gasteiger partial charge in [-0.1, -0.05) is 50.1 Å². The number of unbranched alkanes of at least 4 members (excludes halogenated alkanes) is 1. The van der Waals surface area contributed by atoms with E-state index < -0.39 is 17.9 Å². The van der Waals surface area contributed by atoms with Gasteiger partial charge >= 0.3 is 11.9 Å². The van der Waals surface area contributed by atoms with Gasteiger partial charge in [-0.3, -0.25) is 9.59 Å². The number of hydrogen-bond acceptors (Lipinski definition) is 4. The fourth-order valence-corrected chi connectivity index (χ4v) is 2.54. The van der Waals surface area contributed by atoms with E-state index in [0.29, 0.717) is 0 Å². The van der Waals surface area contributed by atoms with Crippen LogP contribution in [0.1, 0.15) is 51.5 Å². The maximum atomic E-state index is 12.3. The Hall–Kier alpha value is -1.84. The molecule has 1 unspecified atom stereocenters. The molecule has 0 spiro atoms. The lowest BCUT2D eigenvalue weighted by atomic mass is 9.82. The zero-order chi connectivity index (χ0) is 16.4. The minimum Gasteiger partial charge on any atom is -0.465 e.